The summed E-state index contributed by atoms with van der Waals surface area (Å²) in [7, 11) is 0. The second-order valence-electron chi connectivity index (χ2n) is 8.51. The lowest BCUT2D eigenvalue weighted by atomic mass is 10.1. The zero-order chi connectivity index (χ0) is 22.5. The molecule has 0 bridgehead atoms. The Kier molecular flexibility index (Phi) is 4.18. The molecule has 0 radical (unpaired) electrons. The van der Waals surface area contributed by atoms with E-state index in [1.807, 2.05) is 42.6 Å². The van der Waals surface area contributed by atoms with Crippen LogP contribution in [0.2, 0.25) is 0 Å². The van der Waals surface area contributed by atoms with Gasteiger partial charge in [-0.15, -0.1) is 0 Å². The number of benzene rings is 3. The summed E-state index contributed by atoms with van der Waals surface area (Å²) in [5.41, 5.74) is 6.23. The Labute approximate surface area is 196 Å². The van der Waals surface area contributed by atoms with Crippen LogP contribution in [-0.4, -0.2) is 9.55 Å². The Bertz CT molecular complexity index is 1720. The molecule has 4 nitrogen and oxygen atoms in total. The summed E-state index contributed by atoms with van der Waals surface area (Å²) in [6.45, 7) is 0. The summed E-state index contributed by atoms with van der Waals surface area (Å²) in [6, 6.07) is 31.3. The number of hydrogen-bond donors (Lipinski definition) is 1. The maximum absolute atomic E-state index is 6.49. The van der Waals surface area contributed by atoms with Crippen LogP contribution in [0.4, 0.5) is 0 Å². The molecule has 3 aromatic carbocycles. The molecule has 1 aliphatic heterocycles. The van der Waals surface area contributed by atoms with Gasteiger partial charge in [0, 0.05) is 22.5 Å². The summed E-state index contributed by atoms with van der Waals surface area (Å²) in [5.74, 6) is 0.885. The molecule has 1 unspecified atom stereocenters. The normalized spacial score (nSPS) is 15.6. The fraction of sp³-hybridized carbons (Fsp3) is 0.0333. The molecule has 1 aliphatic rings. The zero-order valence-electron chi connectivity index (χ0n) is 18.3. The molecule has 0 saturated carbocycles. The lowest BCUT2D eigenvalue weighted by Gasteiger charge is -2.24. The lowest BCUT2D eigenvalue weighted by Crippen LogP contribution is -2.26. The van der Waals surface area contributed by atoms with E-state index < -0.39 is 0 Å². The quantitative estimate of drug-likeness (QED) is 0.315. The van der Waals surface area contributed by atoms with E-state index in [1.54, 1.807) is 0 Å². The Balaban J connectivity index is 1.43. The summed E-state index contributed by atoms with van der Waals surface area (Å²) in [4.78, 5) is 4.53. The summed E-state index contributed by atoms with van der Waals surface area (Å²) < 4.78 is 8.84. The van der Waals surface area contributed by atoms with Crippen LogP contribution in [0.15, 0.2) is 120 Å². The number of hydrogen-bond acceptors (Lipinski definition) is 3. The number of fused-ring (bicyclic) bond motifs is 5. The first-order chi connectivity index (χ1) is 16.9. The minimum absolute atomic E-state index is 0.0505. The maximum Gasteiger partial charge on any atom is 0.144 e. The minimum Gasteiger partial charge on any atom is -0.455 e. The smallest absolute Gasteiger partial charge is 0.144 e. The highest BCUT2D eigenvalue weighted by molar-refractivity contribution is 6.19. The van der Waals surface area contributed by atoms with E-state index >= 15 is 0 Å². The molecule has 34 heavy (non-hydrogen) atoms. The van der Waals surface area contributed by atoms with Gasteiger partial charge in [0.2, 0.25) is 0 Å². The highest BCUT2D eigenvalue weighted by Crippen LogP contribution is 2.40. The van der Waals surface area contributed by atoms with E-state index in [-0.39, 0.29) is 6.17 Å². The van der Waals surface area contributed by atoms with Crippen molar-refractivity contribution in [2.45, 2.75) is 6.17 Å². The molecule has 0 amide bonds. The number of dihydropyridines is 1. The Morgan fingerprint density at radius 3 is 2.56 bits per heavy atom. The number of allylic oxidation sites excluding steroid dienone is 2. The first-order valence-electron chi connectivity index (χ1n) is 11.4. The maximum atomic E-state index is 6.49. The molecule has 4 heterocycles. The van der Waals surface area contributed by atoms with Crippen LogP contribution in [0, 0.1) is 0 Å². The fourth-order valence-electron chi connectivity index (χ4n) is 4.97. The van der Waals surface area contributed by atoms with Crippen LogP contribution in [0.25, 0.3) is 49.8 Å². The van der Waals surface area contributed by atoms with Gasteiger partial charge in [-0.05, 0) is 48.6 Å². The Hall–Kier alpha value is -4.57. The molecule has 7 rings (SSSR count). The van der Waals surface area contributed by atoms with Gasteiger partial charge in [-0.2, -0.15) is 0 Å². The Morgan fingerprint density at radius 1 is 0.824 bits per heavy atom. The van der Waals surface area contributed by atoms with Crippen LogP contribution in [0.1, 0.15) is 11.9 Å². The fourth-order valence-corrected chi connectivity index (χ4v) is 4.97. The molecule has 0 fully saturated rings. The van der Waals surface area contributed by atoms with Crippen molar-refractivity contribution in [3.05, 3.63) is 121 Å². The lowest BCUT2D eigenvalue weighted by molar-refractivity contribution is 0.587. The van der Waals surface area contributed by atoms with Crippen molar-refractivity contribution in [3.63, 3.8) is 0 Å². The van der Waals surface area contributed by atoms with Gasteiger partial charge in [0.05, 0.1) is 27.8 Å². The van der Waals surface area contributed by atoms with E-state index in [0.717, 1.165) is 50.1 Å². The predicted molar refractivity (Wildman–Crippen MR) is 138 cm³/mol. The zero-order valence-corrected chi connectivity index (χ0v) is 18.3. The minimum atomic E-state index is -0.0505. The van der Waals surface area contributed by atoms with Crippen molar-refractivity contribution < 1.29 is 4.42 Å². The van der Waals surface area contributed by atoms with E-state index in [0.29, 0.717) is 0 Å². The number of nitrogens with one attached hydrogen (secondary N) is 1. The highest BCUT2D eigenvalue weighted by atomic mass is 16.3. The topological polar surface area (TPSA) is 43.0 Å². The third-order valence-corrected chi connectivity index (χ3v) is 6.49. The van der Waals surface area contributed by atoms with Crippen LogP contribution in [-0.2, 0) is 0 Å². The molecule has 162 valence electrons. The number of nitrogens with zero attached hydrogens (tertiary/aromatic N) is 2. The molecule has 6 aromatic rings. The van der Waals surface area contributed by atoms with Crippen molar-refractivity contribution in [1.82, 2.24) is 14.9 Å². The number of aromatic nitrogens is 2. The molecule has 0 spiro atoms. The van der Waals surface area contributed by atoms with Crippen molar-refractivity contribution >= 4 is 38.5 Å². The molecule has 4 heteroatoms. The Morgan fingerprint density at radius 2 is 1.68 bits per heavy atom. The van der Waals surface area contributed by atoms with Gasteiger partial charge >= 0.3 is 0 Å². The standard InChI is InChI=1S/C30H21N3O/c1-2-9-20(10-3-1)27-19-21-16-17-26-29(30(21)34-27)22-11-4-5-14-25(22)33(26)28-15-8-13-24(32-28)23-12-6-7-18-31-23/h1-19,28,32H. The number of pyridine rings is 1. The largest absolute Gasteiger partial charge is 0.455 e. The number of para-hydroxylation sites is 1. The van der Waals surface area contributed by atoms with Crippen molar-refractivity contribution in [3.8, 4) is 11.3 Å². The first-order valence-corrected chi connectivity index (χ1v) is 11.4. The van der Waals surface area contributed by atoms with Gasteiger partial charge in [0.1, 0.15) is 17.5 Å². The molecule has 0 aliphatic carbocycles. The number of furan rings is 1. The molecule has 0 saturated heterocycles. The van der Waals surface area contributed by atoms with Crippen LogP contribution in [0.3, 0.4) is 0 Å². The van der Waals surface area contributed by atoms with Crippen LogP contribution in [0.5, 0.6) is 0 Å². The average Bonchev–Trinajstić information content (AvgIpc) is 3.49. The third kappa shape index (κ3) is 2.89. The summed E-state index contributed by atoms with van der Waals surface area (Å²) in [6.07, 6.45) is 8.13. The molecule has 1 N–H and O–H groups in total. The number of rotatable bonds is 3. The van der Waals surface area contributed by atoms with Gasteiger partial charge in [-0.1, -0.05) is 60.7 Å². The van der Waals surface area contributed by atoms with Crippen molar-refractivity contribution in [2.75, 3.05) is 0 Å². The van der Waals surface area contributed by atoms with Gasteiger partial charge in [0.15, 0.2) is 0 Å². The third-order valence-electron chi connectivity index (χ3n) is 6.49. The van der Waals surface area contributed by atoms with E-state index in [9.17, 15) is 0 Å². The summed E-state index contributed by atoms with van der Waals surface area (Å²) in [5, 5.41) is 7.11. The second-order valence-corrected chi connectivity index (χ2v) is 8.51. The van der Waals surface area contributed by atoms with E-state index in [4.69, 9.17) is 4.42 Å². The van der Waals surface area contributed by atoms with Crippen LogP contribution >= 0.6 is 0 Å². The second kappa shape index (κ2) is 7.49. The van der Waals surface area contributed by atoms with E-state index in [1.165, 1.54) is 5.39 Å². The van der Waals surface area contributed by atoms with Gasteiger partial charge < -0.3 is 14.3 Å². The van der Waals surface area contributed by atoms with Gasteiger partial charge in [-0.25, -0.2) is 0 Å². The SMILES string of the molecule is C1=CC(n2c3ccccc3c3c4oc(-c5ccccc5)cc4ccc32)NC(c2ccccn2)=C1. The summed E-state index contributed by atoms with van der Waals surface area (Å²) >= 11 is 0. The van der Waals surface area contributed by atoms with E-state index in [2.05, 4.69) is 87.7 Å². The monoisotopic (exact) mass is 439 g/mol. The molecule has 3 aromatic heterocycles. The van der Waals surface area contributed by atoms with Gasteiger partial charge in [0.25, 0.3) is 0 Å². The van der Waals surface area contributed by atoms with Gasteiger partial charge in [-0.3, -0.25) is 4.98 Å². The first kappa shape index (κ1) is 18.9. The molecule has 1 atom stereocenters. The van der Waals surface area contributed by atoms with Crippen LogP contribution < -0.4 is 5.32 Å². The van der Waals surface area contributed by atoms with Crippen molar-refractivity contribution in [1.29, 1.82) is 0 Å². The highest BCUT2D eigenvalue weighted by Gasteiger charge is 2.22. The average molecular weight is 440 g/mol. The van der Waals surface area contributed by atoms with Crippen molar-refractivity contribution in [2.24, 2.45) is 0 Å². The predicted octanol–water partition coefficient (Wildman–Crippen LogP) is 7.30. The molecular weight excluding hydrogens is 418 g/mol. The molecular formula is C30H21N3O.